The number of hydrogen-bond donors (Lipinski definition) is 1. The minimum Gasteiger partial charge on any atom is -0.316 e. The third-order valence-electron chi connectivity index (χ3n) is 3.77. The van der Waals surface area contributed by atoms with Crippen LogP contribution in [-0.4, -0.2) is 37.6 Å². The van der Waals surface area contributed by atoms with Gasteiger partial charge in [0.05, 0.1) is 0 Å². The van der Waals surface area contributed by atoms with Crippen LogP contribution in [0.4, 0.5) is 0 Å². The minimum absolute atomic E-state index is 0.449. The van der Waals surface area contributed by atoms with Gasteiger partial charge < -0.3 is 10.2 Å². The lowest BCUT2D eigenvalue weighted by atomic mass is 9.78. The SMILES string of the molecule is CC(C)(C)CN1CCC[C@@]2(CCNC2)C1. The maximum atomic E-state index is 3.54. The average Bonchev–Trinajstić information content (AvgIpc) is 2.50. The van der Waals surface area contributed by atoms with E-state index in [1.807, 2.05) is 0 Å². The molecule has 0 aromatic rings. The first-order valence-corrected chi connectivity index (χ1v) is 6.42. The van der Waals surface area contributed by atoms with Crippen molar-refractivity contribution >= 4 is 0 Å². The Labute approximate surface area is 94.4 Å². The van der Waals surface area contributed by atoms with Crippen LogP contribution in [0.1, 0.15) is 40.0 Å². The number of nitrogens with one attached hydrogen (secondary N) is 1. The van der Waals surface area contributed by atoms with E-state index in [2.05, 4.69) is 31.0 Å². The van der Waals surface area contributed by atoms with Crippen LogP contribution in [0.25, 0.3) is 0 Å². The molecular formula is C13H26N2. The topological polar surface area (TPSA) is 15.3 Å². The molecule has 0 bridgehead atoms. The molecular weight excluding hydrogens is 184 g/mol. The Hall–Kier alpha value is -0.0800. The van der Waals surface area contributed by atoms with Crippen molar-refractivity contribution in [1.29, 1.82) is 0 Å². The summed E-state index contributed by atoms with van der Waals surface area (Å²) in [6, 6.07) is 0. The van der Waals surface area contributed by atoms with Gasteiger partial charge in [-0.3, -0.25) is 0 Å². The quantitative estimate of drug-likeness (QED) is 0.713. The van der Waals surface area contributed by atoms with Crippen molar-refractivity contribution in [2.45, 2.75) is 40.0 Å². The van der Waals surface area contributed by atoms with Crippen LogP contribution in [0.5, 0.6) is 0 Å². The highest BCUT2D eigenvalue weighted by Crippen LogP contribution is 2.36. The molecule has 2 rings (SSSR count). The smallest absolute Gasteiger partial charge is 0.00509 e. The molecule has 15 heavy (non-hydrogen) atoms. The summed E-state index contributed by atoms with van der Waals surface area (Å²) in [5.41, 5.74) is 1.08. The van der Waals surface area contributed by atoms with Gasteiger partial charge in [0, 0.05) is 19.6 Å². The molecule has 0 aromatic heterocycles. The molecule has 0 amide bonds. The van der Waals surface area contributed by atoms with Crippen LogP contribution in [-0.2, 0) is 0 Å². The molecule has 0 saturated carbocycles. The highest BCUT2D eigenvalue weighted by atomic mass is 15.2. The summed E-state index contributed by atoms with van der Waals surface area (Å²) in [5.74, 6) is 0. The third-order valence-corrected chi connectivity index (χ3v) is 3.77. The van der Waals surface area contributed by atoms with Crippen molar-refractivity contribution < 1.29 is 0 Å². The Morgan fingerprint density at radius 3 is 2.67 bits per heavy atom. The van der Waals surface area contributed by atoms with Gasteiger partial charge in [-0.2, -0.15) is 0 Å². The van der Waals surface area contributed by atoms with Gasteiger partial charge in [0.2, 0.25) is 0 Å². The van der Waals surface area contributed by atoms with Crippen molar-refractivity contribution in [3.8, 4) is 0 Å². The van der Waals surface area contributed by atoms with E-state index in [1.165, 1.54) is 52.0 Å². The fourth-order valence-electron chi connectivity index (χ4n) is 3.26. The Kier molecular flexibility index (Phi) is 3.09. The Balaban J connectivity index is 1.92. The van der Waals surface area contributed by atoms with Gasteiger partial charge in [0.1, 0.15) is 0 Å². The standard InChI is InChI=1S/C13H26N2/c1-12(2,3)10-15-8-4-5-13(11-15)6-7-14-9-13/h14H,4-11H2,1-3H3/t13-/m0/s1. The van der Waals surface area contributed by atoms with Crippen molar-refractivity contribution in [3.05, 3.63) is 0 Å². The molecule has 2 heterocycles. The molecule has 2 saturated heterocycles. The van der Waals surface area contributed by atoms with Gasteiger partial charge in [0.25, 0.3) is 0 Å². The number of likely N-dealkylation sites (tertiary alicyclic amines) is 1. The number of rotatable bonds is 1. The Morgan fingerprint density at radius 2 is 2.07 bits per heavy atom. The lowest BCUT2D eigenvalue weighted by Crippen LogP contribution is -2.47. The summed E-state index contributed by atoms with van der Waals surface area (Å²) in [6.45, 7) is 13.4. The van der Waals surface area contributed by atoms with Crippen LogP contribution in [0.2, 0.25) is 0 Å². The summed E-state index contributed by atoms with van der Waals surface area (Å²) >= 11 is 0. The van der Waals surface area contributed by atoms with Crippen molar-refractivity contribution in [3.63, 3.8) is 0 Å². The monoisotopic (exact) mass is 210 g/mol. The second kappa shape index (κ2) is 4.06. The average molecular weight is 210 g/mol. The van der Waals surface area contributed by atoms with Crippen LogP contribution < -0.4 is 5.32 Å². The van der Waals surface area contributed by atoms with E-state index >= 15 is 0 Å². The van der Waals surface area contributed by atoms with Crippen molar-refractivity contribution in [2.24, 2.45) is 10.8 Å². The van der Waals surface area contributed by atoms with Crippen molar-refractivity contribution in [1.82, 2.24) is 10.2 Å². The largest absolute Gasteiger partial charge is 0.316 e. The second-order valence-corrected chi connectivity index (χ2v) is 6.80. The molecule has 2 heteroatoms. The fraction of sp³-hybridized carbons (Fsp3) is 1.00. The van der Waals surface area contributed by atoms with Gasteiger partial charge in [-0.05, 0) is 43.2 Å². The van der Waals surface area contributed by atoms with Gasteiger partial charge in [-0.15, -0.1) is 0 Å². The molecule has 0 aliphatic carbocycles. The van der Waals surface area contributed by atoms with Crippen molar-refractivity contribution in [2.75, 3.05) is 32.7 Å². The summed E-state index contributed by atoms with van der Waals surface area (Å²) in [6.07, 6.45) is 4.24. The number of nitrogens with zero attached hydrogens (tertiary/aromatic N) is 1. The maximum Gasteiger partial charge on any atom is 0.00509 e. The molecule has 1 N–H and O–H groups in total. The zero-order valence-electron chi connectivity index (χ0n) is 10.6. The zero-order chi connectivity index (χ0) is 10.9. The van der Waals surface area contributed by atoms with E-state index in [0.717, 1.165) is 0 Å². The fourth-order valence-corrected chi connectivity index (χ4v) is 3.26. The maximum absolute atomic E-state index is 3.54. The lowest BCUT2D eigenvalue weighted by molar-refractivity contribution is 0.0757. The Morgan fingerprint density at radius 1 is 1.27 bits per heavy atom. The summed E-state index contributed by atoms with van der Waals surface area (Å²) in [5, 5.41) is 3.54. The second-order valence-electron chi connectivity index (χ2n) is 6.80. The van der Waals surface area contributed by atoms with Crippen LogP contribution in [0, 0.1) is 10.8 Å². The number of hydrogen-bond acceptors (Lipinski definition) is 2. The lowest BCUT2D eigenvalue weighted by Gasteiger charge is -2.42. The predicted octanol–water partition coefficient (Wildman–Crippen LogP) is 2.11. The number of piperidine rings is 1. The third kappa shape index (κ3) is 2.94. The normalized spacial score (nSPS) is 33.8. The van der Waals surface area contributed by atoms with E-state index in [1.54, 1.807) is 0 Å². The summed E-state index contributed by atoms with van der Waals surface area (Å²) < 4.78 is 0. The molecule has 1 atom stereocenters. The molecule has 0 unspecified atom stereocenters. The van der Waals surface area contributed by atoms with Gasteiger partial charge in [-0.1, -0.05) is 20.8 Å². The first-order valence-electron chi connectivity index (χ1n) is 6.42. The summed E-state index contributed by atoms with van der Waals surface area (Å²) in [4.78, 5) is 2.69. The van der Waals surface area contributed by atoms with Gasteiger partial charge in [-0.25, -0.2) is 0 Å². The highest BCUT2D eigenvalue weighted by molar-refractivity contribution is 4.93. The van der Waals surface area contributed by atoms with E-state index < -0.39 is 0 Å². The molecule has 0 aromatic carbocycles. The molecule has 88 valence electrons. The van der Waals surface area contributed by atoms with Crippen LogP contribution in [0.15, 0.2) is 0 Å². The van der Waals surface area contributed by atoms with Crippen LogP contribution >= 0.6 is 0 Å². The van der Waals surface area contributed by atoms with Gasteiger partial charge >= 0.3 is 0 Å². The first kappa shape index (κ1) is 11.4. The van der Waals surface area contributed by atoms with E-state index in [0.29, 0.717) is 10.8 Å². The van der Waals surface area contributed by atoms with E-state index in [4.69, 9.17) is 0 Å². The molecule has 2 aliphatic rings. The molecule has 0 radical (unpaired) electrons. The van der Waals surface area contributed by atoms with E-state index in [-0.39, 0.29) is 0 Å². The zero-order valence-corrected chi connectivity index (χ0v) is 10.6. The first-order chi connectivity index (χ1) is 6.99. The highest BCUT2D eigenvalue weighted by Gasteiger charge is 2.38. The predicted molar refractivity (Wildman–Crippen MR) is 65.0 cm³/mol. The molecule has 2 nitrogen and oxygen atoms in total. The Bertz CT molecular complexity index is 211. The van der Waals surface area contributed by atoms with Crippen LogP contribution in [0.3, 0.4) is 0 Å². The molecule has 1 spiro atoms. The summed E-state index contributed by atoms with van der Waals surface area (Å²) in [7, 11) is 0. The minimum atomic E-state index is 0.449. The molecule has 2 fully saturated rings. The van der Waals surface area contributed by atoms with Gasteiger partial charge in [0.15, 0.2) is 0 Å². The van der Waals surface area contributed by atoms with E-state index in [9.17, 15) is 0 Å². The molecule has 2 aliphatic heterocycles.